The molecule has 0 bridgehead atoms. The second-order valence-electron chi connectivity index (χ2n) is 8.68. The van der Waals surface area contributed by atoms with Gasteiger partial charge in [0.15, 0.2) is 0 Å². The first-order chi connectivity index (χ1) is 17.1. The number of nitrogens with zero attached hydrogens (tertiary/aromatic N) is 4. The maximum atomic E-state index is 13.3. The van der Waals surface area contributed by atoms with E-state index in [4.69, 9.17) is 9.15 Å². The highest BCUT2D eigenvalue weighted by atomic mass is 32.1. The van der Waals surface area contributed by atoms with E-state index in [-0.39, 0.29) is 24.4 Å². The largest absolute Gasteiger partial charge is 0.497 e. The number of piperazine rings is 1. The van der Waals surface area contributed by atoms with Gasteiger partial charge in [0, 0.05) is 32.6 Å². The molecule has 2 aliphatic rings. The van der Waals surface area contributed by atoms with Gasteiger partial charge in [0.05, 0.1) is 36.9 Å². The summed E-state index contributed by atoms with van der Waals surface area (Å²) in [6.07, 6.45) is 2.60. The van der Waals surface area contributed by atoms with Crippen LogP contribution >= 0.6 is 11.3 Å². The Morgan fingerprint density at radius 1 is 1.09 bits per heavy atom. The Balaban J connectivity index is 1.18. The summed E-state index contributed by atoms with van der Waals surface area (Å²) < 4.78 is 10.9. The summed E-state index contributed by atoms with van der Waals surface area (Å²) in [6.45, 7) is 2.76. The number of hydrazone groups is 1. The van der Waals surface area contributed by atoms with E-state index in [1.807, 2.05) is 58.8 Å². The normalized spacial score (nSPS) is 18.5. The summed E-state index contributed by atoms with van der Waals surface area (Å²) >= 11 is 1.62. The molecular weight excluding hydrogens is 464 g/mol. The molecule has 0 aliphatic carbocycles. The van der Waals surface area contributed by atoms with Crippen LogP contribution in [0.3, 0.4) is 0 Å². The maximum Gasteiger partial charge on any atom is 0.257 e. The summed E-state index contributed by atoms with van der Waals surface area (Å²) in [5, 5.41) is 8.28. The average Bonchev–Trinajstić information content (AvgIpc) is 3.66. The summed E-state index contributed by atoms with van der Waals surface area (Å²) in [5.74, 6) is 1.51. The Hall–Kier alpha value is -3.43. The van der Waals surface area contributed by atoms with Gasteiger partial charge in [-0.05, 0) is 41.3 Å². The van der Waals surface area contributed by atoms with Gasteiger partial charge in [0.25, 0.3) is 5.91 Å². The lowest BCUT2D eigenvalue weighted by atomic mass is 10.1. The number of amides is 2. The molecule has 1 aromatic carbocycles. The second-order valence-corrected chi connectivity index (χ2v) is 9.63. The van der Waals surface area contributed by atoms with Crippen molar-refractivity contribution >= 4 is 28.9 Å². The number of furan rings is 1. The molecule has 0 saturated carbocycles. The van der Waals surface area contributed by atoms with Gasteiger partial charge in [-0.25, -0.2) is 5.01 Å². The molecule has 1 fully saturated rings. The highest BCUT2D eigenvalue weighted by Crippen LogP contribution is 2.34. The van der Waals surface area contributed by atoms with E-state index in [2.05, 4.69) is 10.0 Å². The fraction of sp³-hybridized carbons (Fsp3) is 0.346. The molecule has 35 heavy (non-hydrogen) atoms. The number of benzene rings is 1. The van der Waals surface area contributed by atoms with Crippen LogP contribution in [0.1, 0.15) is 28.7 Å². The van der Waals surface area contributed by atoms with Crippen molar-refractivity contribution in [2.75, 3.05) is 39.8 Å². The van der Waals surface area contributed by atoms with Crippen molar-refractivity contribution in [2.24, 2.45) is 5.10 Å². The molecule has 0 N–H and O–H groups in total. The quantitative estimate of drug-likeness (QED) is 0.505. The molecule has 8 nitrogen and oxygen atoms in total. The van der Waals surface area contributed by atoms with E-state index >= 15 is 0 Å². The van der Waals surface area contributed by atoms with Crippen LogP contribution in [-0.4, -0.2) is 72.2 Å². The third-order valence-electron chi connectivity index (χ3n) is 6.42. The number of carbonyl (C=O) groups is 2. The topological polar surface area (TPSA) is 78.6 Å². The SMILES string of the molecule is COc1cccc(CC(=O)N2CCN(CC(=O)N3N=C(c4cccs4)CC3c3ccco3)CC2)c1. The van der Waals surface area contributed by atoms with Crippen LogP contribution in [0.15, 0.2) is 69.7 Å². The fourth-order valence-electron chi connectivity index (χ4n) is 4.52. The molecule has 5 rings (SSSR count). The van der Waals surface area contributed by atoms with Gasteiger partial charge in [0.1, 0.15) is 17.6 Å². The monoisotopic (exact) mass is 492 g/mol. The van der Waals surface area contributed by atoms with Crippen LogP contribution in [0.2, 0.25) is 0 Å². The summed E-state index contributed by atoms with van der Waals surface area (Å²) in [7, 11) is 1.62. The highest BCUT2D eigenvalue weighted by molar-refractivity contribution is 7.12. The summed E-state index contributed by atoms with van der Waals surface area (Å²) in [5.41, 5.74) is 1.84. The van der Waals surface area contributed by atoms with Crippen LogP contribution in [-0.2, 0) is 16.0 Å². The number of hydrogen-bond acceptors (Lipinski definition) is 7. The van der Waals surface area contributed by atoms with Crippen LogP contribution in [0.5, 0.6) is 5.75 Å². The van der Waals surface area contributed by atoms with Crippen molar-refractivity contribution in [3.05, 3.63) is 76.4 Å². The second kappa shape index (κ2) is 10.5. The molecule has 2 aliphatic heterocycles. The van der Waals surface area contributed by atoms with Gasteiger partial charge in [-0.2, -0.15) is 5.10 Å². The van der Waals surface area contributed by atoms with Crippen LogP contribution in [0.4, 0.5) is 0 Å². The number of rotatable bonds is 7. The van der Waals surface area contributed by atoms with Crippen molar-refractivity contribution in [1.82, 2.24) is 14.8 Å². The van der Waals surface area contributed by atoms with Gasteiger partial charge in [-0.3, -0.25) is 14.5 Å². The smallest absolute Gasteiger partial charge is 0.257 e. The minimum atomic E-state index is -0.236. The fourth-order valence-corrected chi connectivity index (χ4v) is 5.24. The van der Waals surface area contributed by atoms with E-state index in [1.165, 1.54) is 0 Å². The number of thiophene rings is 1. The number of ether oxygens (including phenoxy) is 1. The van der Waals surface area contributed by atoms with Crippen molar-refractivity contribution in [2.45, 2.75) is 18.9 Å². The van der Waals surface area contributed by atoms with E-state index in [1.54, 1.807) is 29.7 Å². The van der Waals surface area contributed by atoms with Crippen LogP contribution in [0.25, 0.3) is 0 Å². The molecule has 1 unspecified atom stereocenters. The predicted octanol–water partition coefficient (Wildman–Crippen LogP) is 3.41. The predicted molar refractivity (Wildman–Crippen MR) is 133 cm³/mol. The minimum Gasteiger partial charge on any atom is -0.497 e. The first kappa shape index (κ1) is 23.3. The van der Waals surface area contributed by atoms with Crippen LogP contribution < -0.4 is 4.74 Å². The Labute approximate surface area is 208 Å². The first-order valence-corrected chi connectivity index (χ1v) is 12.6. The van der Waals surface area contributed by atoms with Crippen LogP contribution in [0, 0.1) is 0 Å². The Bertz CT molecular complexity index is 1180. The number of carbonyl (C=O) groups excluding carboxylic acids is 2. The van der Waals surface area contributed by atoms with Gasteiger partial charge in [-0.1, -0.05) is 18.2 Å². The third-order valence-corrected chi connectivity index (χ3v) is 7.34. The van der Waals surface area contributed by atoms with E-state index in [0.29, 0.717) is 39.0 Å². The van der Waals surface area contributed by atoms with Crippen molar-refractivity contribution in [3.63, 3.8) is 0 Å². The zero-order chi connectivity index (χ0) is 24.2. The van der Waals surface area contributed by atoms with Gasteiger partial charge < -0.3 is 14.1 Å². The zero-order valence-electron chi connectivity index (χ0n) is 19.6. The van der Waals surface area contributed by atoms with E-state index in [9.17, 15) is 9.59 Å². The van der Waals surface area contributed by atoms with Crippen molar-refractivity contribution in [1.29, 1.82) is 0 Å². The van der Waals surface area contributed by atoms with Crippen molar-refractivity contribution in [3.8, 4) is 5.75 Å². The van der Waals surface area contributed by atoms with Gasteiger partial charge in [-0.15, -0.1) is 11.3 Å². The molecule has 2 aromatic heterocycles. The number of hydrogen-bond donors (Lipinski definition) is 0. The molecule has 1 atom stereocenters. The lowest BCUT2D eigenvalue weighted by Gasteiger charge is -2.35. The van der Waals surface area contributed by atoms with Gasteiger partial charge >= 0.3 is 0 Å². The lowest BCUT2D eigenvalue weighted by Crippen LogP contribution is -2.51. The lowest BCUT2D eigenvalue weighted by molar-refractivity contribution is -0.136. The van der Waals surface area contributed by atoms with Crippen molar-refractivity contribution < 1.29 is 18.7 Å². The van der Waals surface area contributed by atoms with Gasteiger partial charge in [0.2, 0.25) is 5.91 Å². The molecule has 9 heteroatoms. The Kier molecular flexibility index (Phi) is 6.96. The summed E-state index contributed by atoms with van der Waals surface area (Å²) in [6, 6.07) is 15.1. The Morgan fingerprint density at radius 2 is 1.94 bits per heavy atom. The molecule has 0 radical (unpaired) electrons. The zero-order valence-corrected chi connectivity index (χ0v) is 20.4. The van der Waals surface area contributed by atoms with E-state index < -0.39 is 0 Å². The molecule has 4 heterocycles. The van der Waals surface area contributed by atoms with E-state index in [0.717, 1.165) is 27.7 Å². The molecule has 3 aromatic rings. The molecule has 0 spiro atoms. The minimum absolute atomic E-state index is 0.0610. The average molecular weight is 493 g/mol. The maximum absolute atomic E-state index is 13.3. The third kappa shape index (κ3) is 5.31. The Morgan fingerprint density at radius 3 is 2.66 bits per heavy atom. The molecule has 182 valence electrons. The standard InChI is InChI=1S/C26H28N4O4S/c1-33-20-6-2-5-19(15-20)16-25(31)29-11-9-28(10-12-29)18-26(32)30-22(23-7-3-13-34-23)17-21(27-30)24-8-4-14-35-24/h2-8,13-15,22H,9-12,16-18H2,1H3. The number of methoxy groups -OCH3 is 1. The molecule has 2 amide bonds. The summed E-state index contributed by atoms with van der Waals surface area (Å²) in [4.78, 5) is 31.1. The first-order valence-electron chi connectivity index (χ1n) is 11.7. The molecule has 1 saturated heterocycles. The highest BCUT2D eigenvalue weighted by Gasteiger charge is 2.36. The molecular formula is C26H28N4O4S.